The van der Waals surface area contributed by atoms with Crippen LogP contribution in [0.2, 0.25) is 10.0 Å². The largest absolute Gasteiger partial charge is 0.457 e. The van der Waals surface area contributed by atoms with Gasteiger partial charge < -0.3 is 14.6 Å². The highest BCUT2D eigenvalue weighted by molar-refractivity contribution is 6.36. The van der Waals surface area contributed by atoms with Gasteiger partial charge in [0.25, 0.3) is 5.91 Å². The smallest absolute Gasteiger partial charge is 0.274 e. The molecule has 1 N–H and O–H groups in total. The van der Waals surface area contributed by atoms with Gasteiger partial charge in [0.2, 0.25) is 0 Å². The van der Waals surface area contributed by atoms with Gasteiger partial charge in [0, 0.05) is 17.1 Å². The van der Waals surface area contributed by atoms with Gasteiger partial charge in [0.15, 0.2) is 5.69 Å². The van der Waals surface area contributed by atoms with Crippen molar-refractivity contribution in [1.82, 2.24) is 10.5 Å². The van der Waals surface area contributed by atoms with Crippen LogP contribution in [-0.2, 0) is 6.54 Å². The Hall–Kier alpha value is -3.35. The molecule has 0 aliphatic carbocycles. The van der Waals surface area contributed by atoms with Crippen molar-refractivity contribution in [3.05, 3.63) is 100 Å². The molecular weight excluding hydrogens is 442 g/mol. The van der Waals surface area contributed by atoms with E-state index >= 15 is 0 Å². The van der Waals surface area contributed by atoms with Crippen LogP contribution in [0, 0.1) is 5.82 Å². The second kappa shape index (κ2) is 9.20. The number of carbonyl (C=O) groups is 1. The summed E-state index contributed by atoms with van der Waals surface area (Å²) in [5.41, 5.74) is 2.05. The Bertz CT molecular complexity index is 1210. The van der Waals surface area contributed by atoms with Gasteiger partial charge in [0.1, 0.15) is 23.6 Å². The number of ether oxygens (including phenoxy) is 1. The molecule has 0 aliphatic heterocycles. The lowest BCUT2D eigenvalue weighted by Gasteiger charge is -2.08. The predicted molar refractivity (Wildman–Crippen MR) is 116 cm³/mol. The highest BCUT2D eigenvalue weighted by atomic mass is 35.5. The van der Waals surface area contributed by atoms with E-state index < -0.39 is 5.91 Å². The lowest BCUT2D eigenvalue weighted by molar-refractivity contribution is 0.0942. The highest BCUT2D eigenvalue weighted by Crippen LogP contribution is 2.32. The van der Waals surface area contributed by atoms with Crippen molar-refractivity contribution >= 4 is 29.1 Å². The van der Waals surface area contributed by atoms with Gasteiger partial charge in [-0.1, -0.05) is 46.6 Å². The van der Waals surface area contributed by atoms with E-state index in [0.29, 0.717) is 32.7 Å². The van der Waals surface area contributed by atoms with Gasteiger partial charge in [0.05, 0.1) is 10.6 Å². The Balaban J connectivity index is 1.40. The highest BCUT2D eigenvalue weighted by Gasteiger charge is 2.19. The molecule has 3 aromatic carbocycles. The summed E-state index contributed by atoms with van der Waals surface area (Å²) in [7, 11) is 0. The number of aromatic nitrogens is 1. The van der Waals surface area contributed by atoms with Crippen molar-refractivity contribution in [3.63, 3.8) is 0 Å². The van der Waals surface area contributed by atoms with Gasteiger partial charge in [-0.05, 0) is 54.1 Å². The summed E-state index contributed by atoms with van der Waals surface area (Å²) >= 11 is 12.2. The van der Waals surface area contributed by atoms with E-state index in [2.05, 4.69) is 10.5 Å². The van der Waals surface area contributed by atoms with Crippen LogP contribution in [0.15, 0.2) is 77.5 Å². The van der Waals surface area contributed by atoms with E-state index in [1.54, 1.807) is 42.5 Å². The van der Waals surface area contributed by atoms with Crippen LogP contribution in [0.3, 0.4) is 0 Å². The predicted octanol–water partition coefficient (Wildman–Crippen LogP) is 6.51. The Morgan fingerprint density at radius 2 is 1.65 bits per heavy atom. The van der Waals surface area contributed by atoms with Crippen molar-refractivity contribution in [1.29, 1.82) is 0 Å². The molecule has 0 bridgehead atoms. The molecule has 1 heterocycles. The monoisotopic (exact) mass is 456 g/mol. The molecule has 4 rings (SSSR count). The van der Waals surface area contributed by atoms with Crippen LogP contribution in [0.1, 0.15) is 16.1 Å². The number of nitrogens with zero attached hydrogens (tertiary/aromatic N) is 1. The van der Waals surface area contributed by atoms with Crippen LogP contribution in [0.25, 0.3) is 11.1 Å². The molecule has 0 saturated carbocycles. The van der Waals surface area contributed by atoms with Crippen molar-refractivity contribution in [3.8, 4) is 22.6 Å². The van der Waals surface area contributed by atoms with Crippen LogP contribution in [0.4, 0.5) is 4.39 Å². The minimum Gasteiger partial charge on any atom is -0.457 e. The quantitative estimate of drug-likeness (QED) is 0.359. The van der Waals surface area contributed by atoms with E-state index in [0.717, 1.165) is 5.56 Å². The molecule has 0 aliphatic rings. The number of amides is 1. The van der Waals surface area contributed by atoms with Crippen LogP contribution in [0.5, 0.6) is 11.5 Å². The van der Waals surface area contributed by atoms with Crippen molar-refractivity contribution in [2.24, 2.45) is 0 Å². The molecule has 4 aromatic rings. The maximum absolute atomic E-state index is 13.0. The Kier molecular flexibility index (Phi) is 6.21. The molecule has 1 aromatic heterocycles. The Morgan fingerprint density at radius 1 is 0.968 bits per heavy atom. The van der Waals surface area contributed by atoms with Gasteiger partial charge in [-0.3, -0.25) is 4.79 Å². The lowest BCUT2D eigenvalue weighted by atomic mass is 10.1. The number of rotatable bonds is 6. The fourth-order valence-corrected chi connectivity index (χ4v) is 3.39. The average molecular weight is 457 g/mol. The van der Waals surface area contributed by atoms with Gasteiger partial charge in [-0.2, -0.15) is 0 Å². The molecule has 8 heteroatoms. The normalized spacial score (nSPS) is 10.7. The number of benzene rings is 3. The zero-order valence-corrected chi connectivity index (χ0v) is 17.5. The SMILES string of the molecule is O=C(NCc1ccc(Oc2ccc(F)cc2)cc1)c1nocc1-c1ccc(Cl)cc1Cl. The first kappa shape index (κ1) is 20.9. The lowest BCUT2D eigenvalue weighted by Crippen LogP contribution is -2.23. The van der Waals surface area contributed by atoms with Crippen molar-refractivity contribution < 1.29 is 18.4 Å². The second-order valence-corrected chi connectivity index (χ2v) is 7.43. The van der Waals surface area contributed by atoms with Crippen molar-refractivity contribution in [2.75, 3.05) is 0 Å². The molecule has 5 nitrogen and oxygen atoms in total. The Labute approximate surface area is 187 Å². The first-order valence-corrected chi connectivity index (χ1v) is 9.95. The molecule has 0 spiro atoms. The van der Waals surface area contributed by atoms with Gasteiger partial charge >= 0.3 is 0 Å². The maximum atomic E-state index is 13.0. The minimum atomic E-state index is -0.401. The standard InChI is InChI=1S/C23H15Cl2FN2O3/c24-15-3-10-19(21(25)11-15)20-13-30-28-22(20)23(29)27-12-14-1-6-17(7-2-14)31-18-8-4-16(26)5-9-18/h1-11,13H,12H2,(H,27,29). The number of hydrogen-bond acceptors (Lipinski definition) is 4. The molecule has 0 saturated heterocycles. The summed E-state index contributed by atoms with van der Waals surface area (Å²) in [5.74, 6) is 0.396. The summed E-state index contributed by atoms with van der Waals surface area (Å²) in [6.45, 7) is 0.274. The van der Waals surface area contributed by atoms with Crippen LogP contribution < -0.4 is 10.1 Å². The summed E-state index contributed by atoms with van der Waals surface area (Å²) in [5, 5.41) is 7.49. The van der Waals surface area contributed by atoms with Crippen molar-refractivity contribution in [2.45, 2.75) is 6.54 Å². The van der Waals surface area contributed by atoms with Crippen LogP contribution in [-0.4, -0.2) is 11.1 Å². The first-order valence-electron chi connectivity index (χ1n) is 9.20. The summed E-state index contributed by atoms with van der Waals surface area (Å²) in [6.07, 6.45) is 1.37. The average Bonchev–Trinajstić information content (AvgIpc) is 3.24. The zero-order chi connectivity index (χ0) is 21.8. The minimum absolute atomic E-state index is 0.125. The van der Waals surface area contributed by atoms with E-state index in [1.807, 2.05) is 12.1 Å². The fraction of sp³-hybridized carbons (Fsp3) is 0.0435. The van der Waals surface area contributed by atoms with Gasteiger partial charge in [-0.25, -0.2) is 4.39 Å². The van der Waals surface area contributed by atoms with E-state index in [1.165, 1.54) is 18.4 Å². The number of hydrogen-bond donors (Lipinski definition) is 1. The first-order chi connectivity index (χ1) is 15.0. The molecular formula is C23H15Cl2FN2O3. The number of halogens is 3. The molecule has 31 heavy (non-hydrogen) atoms. The molecule has 0 fully saturated rings. The van der Waals surface area contributed by atoms with Gasteiger partial charge in [-0.15, -0.1) is 0 Å². The third-order valence-electron chi connectivity index (χ3n) is 4.43. The third kappa shape index (κ3) is 5.05. The van der Waals surface area contributed by atoms with E-state index in [9.17, 15) is 9.18 Å². The van der Waals surface area contributed by atoms with E-state index in [4.69, 9.17) is 32.5 Å². The summed E-state index contributed by atoms with van der Waals surface area (Å²) in [6, 6.07) is 17.9. The molecule has 156 valence electrons. The molecule has 0 radical (unpaired) electrons. The second-order valence-electron chi connectivity index (χ2n) is 6.58. The molecule has 0 unspecified atom stereocenters. The molecule has 0 atom stereocenters. The molecule has 1 amide bonds. The maximum Gasteiger partial charge on any atom is 0.274 e. The number of nitrogens with one attached hydrogen (secondary N) is 1. The van der Waals surface area contributed by atoms with E-state index in [-0.39, 0.29) is 18.1 Å². The topological polar surface area (TPSA) is 64.4 Å². The van der Waals surface area contributed by atoms with Crippen LogP contribution >= 0.6 is 23.2 Å². The summed E-state index contributed by atoms with van der Waals surface area (Å²) in [4.78, 5) is 12.6. The zero-order valence-electron chi connectivity index (χ0n) is 15.9. The Morgan fingerprint density at radius 3 is 2.32 bits per heavy atom. The third-order valence-corrected chi connectivity index (χ3v) is 4.98. The summed E-state index contributed by atoms with van der Waals surface area (Å²) < 4.78 is 23.6. The number of carbonyl (C=O) groups excluding carboxylic acids is 1. The fourth-order valence-electron chi connectivity index (χ4n) is 2.88.